The lowest BCUT2D eigenvalue weighted by molar-refractivity contribution is -0.134. The maximum Gasteiger partial charge on any atom is 0.427 e. The topological polar surface area (TPSA) is 22.1 Å². The van der Waals surface area contributed by atoms with Gasteiger partial charge in [0.15, 0.2) is 0 Å². The molecule has 0 saturated heterocycles. The van der Waals surface area contributed by atoms with Gasteiger partial charge in [-0.2, -0.15) is 13.2 Å². The van der Waals surface area contributed by atoms with E-state index in [1.807, 2.05) is 32.9 Å². The first kappa shape index (κ1) is 15.5. The normalized spacial score (nSPS) is 10.6. The quantitative estimate of drug-likeness (QED) is 0.749. The fraction of sp³-hybridized carbons (Fsp3) is 0.308. The Morgan fingerprint density at radius 3 is 2.32 bits per heavy atom. The molecule has 0 fully saturated rings. The molecule has 0 aliphatic heterocycles. The number of rotatable bonds is 2. The van der Waals surface area contributed by atoms with Gasteiger partial charge in [-0.3, -0.25) is 0 Å². The molecule has 0 bridgehead atoms. The van der Waals surface area contributed by atoms with Gasteiger partial charge in [0.25, 0.3) is 5.19 Å². The van der Waals surface area contributed by atoms with Crippen LogP contribution in [-0.2, 0) is 6.18 Å². The summed E-state index contributed by atoms with van der Waals surface area (Å²) in [6.07, 6.45) is -3.59. The highest BCUT2D eigenvalue weighted by molar-refractivity contribution is 7.13. The van der Waals surface area contributed by atoms with Gasteiger partial charge in [-0.1, -0.05) is 43.4 Å². The number of alkyl halides is 3. The van der Waals surface area contributed by atoms with Crippen LogP contribution in [0.25, 0.3) is 0 Å². The summed E-state index contributed by atoms with van der Waals surface area (Å²) >= 11 is 0.485. The number of benzene rings is 1. The predicted octanol–water partition coefficient (Wildman–Crippen LogP) is 5.29. The number of hydrogen-bond acceptors (Lipinski definition) is 3. The summed E-state index contributed by atoms with van der Waals surface area (Å²) in [5.41, 5.74) is 0.844. The van der Waals surface area contributed by atoms with Crippen LogP contribution in [0.15, 0.2) is 30.5 Å². The third kappa shape index (κ3) is 4.24. The molecule has 0 saturated carbocycles. The van der Waals surface area contributed by atoms with E-state index in [0.717, 1.165) is 11.8 Å². The fourth-order valence-corrected chi connectivity index (χ4v) is 1.85. The molecule has 1 heterocycles. The van der Waals surface area contributed by atoms with E-state index in [2.05, 4.69) is 4.98 Å². The average Bonchev–Trinajstić information content (AvgIpc) is 2.83. The molecule has 0 unspecified atom stereocenters. The largest absolute Gasteiger partial charge is 0.431 e. The maximum absolute atomic E-state index is 12.3. The molecule has 2 nitrogen and oxygen atoms in total. The number of nitrogens with zero attached hydrogens (tertiary/aromatic N) is 1. The second-order valence-corrected chi connectivity index (χ2v) is 4.35. The summed E-state index contributed by atoms with van der Waals surface area (Å²) < 4.78 is 42.3. The van der Waals surface area contributed by atoms with Crippen LogP contribution in [-0.4, -0.2) is 4.98 Å². The van der Waals surface area contributed by atoms with Gasteiger partial charge in [0, 0.05) is 0 Å². The summed E-state index contributed by atoms with van der Waals surface area (Å²) in [5, 5.41) is -0.00775. The first-order chi connectivity index (χ1) is 8.97. The molecule has 0 atom stereocenters. The smallest absolute Gasteiger partial charge is 0.427 e. The van der Waals surface area contributed by atoms with Crippen LogP contribution in [0.3, 0.4) is 0 Å². The van der Waals surface area contributed by atoms with Gasteiger partial charge in [0.1, 0.15) is 10.6 Å². The van der Waals surface area contributed by atoms with Crippen molar-refractivity contribution in [2.24, 2.45) is 0 Å². The summed E-state index contributed by atoms with van der Waals surface area (Å²) in [5.74, 6) is 0.510. The minimum absolute atomic E-state index is 0.00775. The van der Waals surface area contributed by atoms with Gasteiger partial charge in [0.2, 0.25) is 0 Å². The van der Waals surface area contributed by atoms with Crippen molar-refractivity contribution < 1.29 is 17.9 Å². The molecule has 6 heteroatoms. The molecule has 0 aliphatic rings. The minimum atomic E-state index is -4.37. The molecular formula is C13H14F3NOS. The first-order valence-corrected chi connectivity index (χ1v) is 6.55. The highest BCUT2D eigenvalue weighted by Crippen LogP contribution is 2.37. The lowest BCUT2D eigenvalue weighted by atomic mass is 10.2. The molecule has 0 radical (unpaired) electrons. The van der Waals surface area contributed by atoms with E-state index in [1.165, 1.54) is 0 Å². The lowest BCUT2D eigenvalue weighted by Gasteiger charge is -2.04. The highest BCUT2D eigenvalue weighted by atomic mass is 32.1. The zero-order valence-corrected chi connectivity index (χ0v) is 11.6. The predicted molar refractivity (Wildman–Crippen MR) is 69.7 cm³/mol. The third-order valence-electron chi connectivity index (χ3n) is 2.05. The second-order valence-electron chi connectivity index (χ2n) is 3.36. The van der Waals surface area contributed by atoms with E-state index < -0.39 is 11.1 Å². The molecule has 104 valence electrons. The fourth-order valence-electron chi connectivity index (χ4n) is 1.20. The second kappa shape index (κ2) is 6.56. The van der Waals surface area contributed by atoms with Crippen LogP contribution in [0.5, 0.6) is 10.9 Å². The van der Waals surface area contributed by atoms with Gasteiger partial charge in [-0.15, -0.1) is 0 Å². The SMILES string of the molecule is CC.Cc1ccccc1Oc1ncc(C(F)(F)F)s1. The van der Waals surface area contributed by atoms with Crippen LogP contribution in [0, 0.1) is 6.92 Å². The highest BCUT2D eigenvalue weighted by Gasteiger charge is 2.33. The van der Waals surface area contributed by atoms with Crippen LogP contribution in [0.2, 0.25) is 0 Å². The molecule has 1 aromatic carbocycles. The standard InChI is InChI=1S/C11H8F3NOS.C2H6/c1-7-4-2-3-5-8(7)16-10-15-6-9(17-10)11(12,13)14;1-2/h2-6H,1H3;1-2H3. The number of aryl methyl sites for hydroxylation is 1. The molecule has 0 spiro atoms. The van der Waals surface area contributed by atoms with Crippen molar-refractivity contribution in [3.63, 3.8) is 0 Å². The Balaban J connectivity index is 0.000000861. The third-order valence-corrected chi connectivity index (χ3v) is 2.97. The first-order valence-electron chi connectivity index (χ1n) is 5.73. The molecule has 2 aromatic rings. The van der Waals surface area contributed by atoms with Crippen LogP contribution < -0.4 is 4.74 Å². The zero-order valence-electron chi connectivity index (χ0n) is 10.8. The maximum atomic E-state index is 12.3. The lowest BCUT2D eigenvalue weighted by Crippen LogP contribution is -2.00. The van der Waals surface area contributed by atoms with Crippen LogP contribution in [0.1, 0.15) is 24.3 Å². The molecular weight excluding hydrogens is 275 g/mol. The number of thiazole rings is 1. The zero-order chi connectivity index (χ0) is 14.5. The molecule has 19 heavy (non-hydrogen) atoms. The molecule has 1 aromatic heterocycles. The summed E-state index contributed by atoms with van der Waals surface area (Å²) in [6.45, 7) is 5.81. The Hall–Kier alpha value is -1.56. The van der Waals surface area contributed by atoms with E-state index in [0.29, 0.717) is 17.1 Å². The van der Waals surface area contributed by atoms with Crippen LogP contribution >= 0.6 is 11.3 Å². The van der Waals surface area contributed by atoms with Crippen molar-refractivity contribution in [2.75, 3.05) is 0 Å². The summed E-state index contributed by atoms with van der Waals surface area (Å²) in [6, 6.07) is 7.07. The van der Waals surface area contributed by atoms with Gasteiger partial charge in [-0.05, 0) is 18.6 Å². The van der Waals surface area contributed by atoms with E-state index >= 15 is 0 Å². The summed E-state index contributed by atoms with van der Waals surface area (Å²) in [4.78, 5) is 2.83. The molecule has 0 aliphatic carbocycles. The Morgan fingerprint density at radius 2 is 1.79 bits per heavy atom. The van der Waals surface area contributed by atoms with E-state index in [-0.39, 0.29) is 5.19 Å². The van der Waals surface area contributed by atoms with E-state index in [4.69, 9.17) is 4.74 Å². The van der Waals surface area contributed by atoms with E-state index in [1.54, 1.807) is 12.1 Å². The number of para-hydroxylation sites is 1. The minimum Gasteiger partial charge on any atom is -0.431 e. The van der Waals surface area contributed by atoms with Crippen molar-refractivity contribution in [2.45, 2.75) is 26.9 Å². The Kier molecular flexibility index (Phi) is 5.35. The number of hydrogen-bond donors (Lipinski definition) is 0. The van der Waals surface area contributed by atoms with Crippen molar-refractivity contribution >= 4 is 11.3 Å². The van der Waals surface area contributed by atoms with Gasteiger partial charge in [0.05, 0.1) is 6.20 Å². The Morgan fingerprint density at radius 1 is 1.16 bits per heavy atom. The molecule has 0 N–H and O–H groups in total. The van der Waals surface area contributed by atoms with Crippen molar-refractivity contribution in [3.05, 3.63) is 40.9 Å². The van der Waals surface area contributed by atoms with E-state index in [9.17, 15) is 13.2 Å². The monoisotopic (exact) mass is 289 g/mol. The Labute approximate surface area is 113 Å². The van der Waals surface area contributed by atoms with Gasteiger partial charge >= 0.3 is 6.18 Å². The Bertz CT molecular complexity index is 523. The number of halogens is 3. The van der Waals surface area contributed by atoms with Gasteiger partial charge < -0.3 is 4.74 Å². The van der Waals surface area contributed by atoms with Crippen molar-refractivity contribution in [1.29, 1.82) is 0 Å². The molecule has 2 rings (SSSR count). The van der Waals surface area contributed by atoms with Crippen molar-refractivity contribution in [1.82, 2.24) is 4.98 Å². The number of ether oxygens (including phenoxy) is 1. The van der Waals surface area contributed by atoms with Crippen molar-refractivity contribution in [3.8, 4) is 10.9 Å². The average molecular weight is 289 g/mol. The number of aromatic nitrogens is 1. The van der Waals surface area contributed by atoms with Crippen LogP contribution in [0.4, 0.5) is 13.2 Å². The summed E-state index contributed by atoms with van der Waals surface area (Å²) in [7, 11) is 0. The van der Waals surface area contributed by atoms with Gasteiger partial charge in [-0.25, -0.2) is 4.98 Å². The molecule has 0 amide bonds.